The molecule has 11 heteroatoms. The lowest BCUT2D eigenvalue weighted by molar-refractivity contribution is -0.165. The third kappa shape index (κ3) is 4.33. The number of fused-ring (bicyclic) bond motifs is 5. The fourth-order valence-electron chi connectivity index (χ4n) is 8.30. The number of carbonyl (C=O) groups is 3. The van der Waals surface area contributed by atoms with Gasteiger partial charge in [0, 0.05) is 18.2 Å². The second-order valence-corrected chi connectivity index (χ2v) is 13.8. The Morgan fingerprint density at radius 1 is 1.15 bits per heavy atom. The van der Waals surface area contributed by atoms with Crippen molar-refractivity contribution in [3.63, 3.8) is 0 Å². The molecule has 4 fully saturated rings. The van der Waals surface area contributed by atoms with E-state index in [1.165, 1.54) is 29.3 Å². The van der Waals surface area contributed by atoms with E-state index < -0.39 is 33.5 Å². The summed E-state index contributed by atoms with van der Waals surface area (Å²) >= 11 is 0. The standard InChI is InChI=1S/C29H35N3O7S/c1-28-12-11-22-20(6-5-18-15-19(33)10-13-29(18,22)36)21(28)7-8-24(28)39-27(35)23-3-2-14-32(23)26(34)17-4-9-25(31-16-17)40(30,37)38/h4,9-10,13,15-16,20-24,36H,2-3,5-8,11-12,14H2,1H3,(H2,30,37,38)/t20-,21-,22-,23+,24-,28-,29+/m0/s1. The van der Waals surface area contributed by atoms with Gasteiger partial charge in [-0.3, -0.25) is 9.59 Å². The number of esters is 1. The summed E-state index contributed by atoms with van der Waals surface area (Å²) in [4.78, 5) is 43.9. The lowest BCUT2D eigenvalue weighted by Crippen LogP contribution is -2.55. The van der Waals surface area contributed by atoms with Gasteiger partial charge in [-0.1, -0.05) is 6.92 Å². The fraction of sp³-hybridized carbons (Fsp3) is 0.586. The number of amides is 1. The molecule has 1 amide bonds. The van der Waals surface area contributed by atoms with Crippen LogP contribution < -0.4 is 5.14 Å². The second-order valence-electron chi connectivity index (χ2n) is 12.3. The fourth-order valence-corrected chi connectivity index (χ4v) is 8.76. The molecule has 214 valence electrons. The molecule has 0 radical (unpaired) electrons. The molecule has 1 saturated heterocycles. The molecule has 10 nitrogen and oxygen atoms in total. The highest BCUT2D eigenvalue weighted by molar-refractivity contribution is 7.89. The van der Waals surface area contributed by atoms with Gasteiger partial charge in [-0.2, -0.15) is 0 Å². The van der Waals surface area contributed by atoms with Gasteiger partial charge in [0.2, 0.25) is 0 Å². The van der Waals surface area contributed by atoms with Crippen molar-refractivity contribution >= 4 is 27.7 Å². The van der Waals surface area contributed by atoms with E-state index in [0.717, 1.165) is 37.7 Å². The molecule has 0 bridgehead atoms. The Labute approximate surface area is 233 Å². The maximum absolute atomic E-state index is 13.5. The average Bonchev–Trinajstić information content (AvgIpc) is 3.53. The third-order valence-corrected chi connectivity index (χ3v) is 11.1. The molecular weight excluding hydrogens is 534 g/mol. The molecule has 7 atom stereocenters. The van der Waals surface area contributed by atoms with Gasteiger partial charge < -0.3 is 14.7 Å². The highest BCUT2D eigenvalue weighted by Crippen LogP contribution is 2.62. The Balaban J connectivity index is 1.15. The summed E-state index contributed by atoms with van der Waals surface area (Å²) in [7, 11) is -3.98. The van der Waals surface area contributed by atoms with Crippen LogP contribution in [-0.2, 0) is 24.3 Å². The summed E-state index contributed by atoms with van der Waals surface area (Å²) in [5, 5.41) is 16.4. The lowest BCUT2D eigenvalue weighted by atomic mass is 9.51. The summed E-state index contributed by atoms with van der Waals surface area (Å²) in [6.45, 7) is 2.60. The minimum absolute atomic E-state index is 0.0431. The van der Waals surface area contributed by atoms with Crippen LogP contribution in [0.3, 0.4) is 0 Å². The van der Waals surface area contributed by atoms with E-state index in [-0.39, 0.29) is 39.7 Å². The van der Waals surface area contributed by atoms with Crippen LogP contribution in [0.15, 0.2) is 47.2 Å². The molecule has 6 rings (SSSR count). The number of primary sulfonamides is 1. The molecule has 0 aromatic carbocycles. The van der Waals surface area contributed by atoms with E-state index in [4.69, 9.17) is 9.88 Å². The quantitative estimate of drug-likeness (QED) is 0.523. The first-order valence-electron chi connectivity index (χ1n) is 14.1. The molecule has 4 aliphatic carbocycles. The Morgan fingerprint density at radius 3 is 2.67 bits per heavy atom. The van der Waals surface area contributed by atoms with Crippen molar-refractivity contribution in [1.29, 1.82) is 0 Å². The number of aliphatic hydroxyl groups is 1. The molecule has 0 unspecified atom stereocenters. The topological polar surface area (TPSA) is 157 Å². The summed E-state index contributed by atoms with van der Waals surface area (Å²) in [5.74, 6) is -0.257. The maximum atomic E-state index is 13.5. The van der Waals surface area contributed by atoms with Crippen molar-refractivity contribution in [3.8, 4) is 0 Å². The number of likely N-dealkylation sites (tertiary alicyclic amines) is 1. The van der Waals surface area contributed by atoms with Gasteiger partial charge in [-0.05, 0) is 105 Å². The second kappa shape index (κ2) is 9.60. The van der Waals surface area contributed by atoms with Crippen LogP contribution in [0.25, 0.3) is 0 Å². The van der Waals surface area contributed by atoms with Crippen molar-refractivity contribution in [3.05, 3.63) is 47.7 Å². The summed E-state index contributed by atoms with van der Waals surface area (Å²) in [6, 6.07) is 1.83. The Hall–Kier alpha value is -2.89. The predicted octanol–water partition coefficient (Wildman–Crippen LogP) is 2.28. The Morgan fingerprint density at radius 2 is 1.95 bits per heavy atom. The number of rotatable bonds is 4. The molecule has 2 heterocycles. The van der Waals surface area contributed by atoms with E-state index in [0.29, 0.717) is 31.7 Å². The number of ether oxygens (including phenoxy) is 1. The molecule has 40 heavy (non-hydrogen) atoms. The van der Waals surface area contributed by atoms with Gasteiger partial charge in [0.15, 0.2) is 10.8 Å². The van der Waals surface area contributed by atoms with Crippen LogP contribution in [0.1, 0.15) is 68.6 Å². The summed E-state index contributed by atoms with van der Waals surface area (Å²) in [5.41, 5.74) is -0.283. The van der Waals surface area contributed by atoms with Crippen LogP contribution in [0.2, 0.25) is 0 Å². The lowest BCUT2D eigenvalue weighted by Gasteiger charge is -2.55. The SMILES string of the molecule is C[C@]12CC[C@H]3[C@@H](CCC4=CC(=O)C=C[C@@]43O)[C@@H]1CC[C@@H]2OC(=O)[C@H]1CCCN1C(=O)c1ccc(S(N)(=O)=O)nc1. The zero-order valence-electron chi connectivity index (χ0n) is 22.5. The van der Waals surface area contributed by atoms with Crippen molar-refractivity contribution in [2.24, 2.45) is 28.3 Å². The highest BCUT2D eigenvalue weighted by atomic mass is 32.2. The number of nitrogens with zero attached hydrogens (tertiary/aromatic N) is 2. The van der Waals surface area contributed by atoms with Crippen LogP contribution in [0.5, 0.6) is 0 Å². The zero-order chi connectivity index (χ0) is 28.4. The molecule has 3 saturated carbocycles. The van der Waals surface area contributed by atoms with E-state index in [1.54, 1.807) is 12.2 Å². The van der Waals surface area contributed by atoms with E-state index in [1.807, 2.05) is 0 Å². The molecule has 5 aliphatic rings. The summed E-state index contributed by atoms with van der Waals surface area (Å²) < 4.78 is 29.2. The van der Waals surface area contributed by atoms with Crippen LogP contribution in [-0.4, -0.2) is 65.4 Å². The van der Waals surface area contributed by atoms with Gasteiger partial charge in [-0.25, -0.2) is 23.3 Å². The van der Waals surface area contributed by atoms with Gasteiger partial charge >= 0.3 is 5.97 Å². The van der Waals surface area contributed by atoms with Crippen molar-refractivity contribution in [2.75, 3.05) is 6.54 Å². The van der Waals surface area contributed by atoms with E-state index in [2.05, 4.69) is 11.9 Å². The van der Waals surface area contributed by atoms with Gasteiger partial charge in [0.25, 0.3) is 15.9 Å². The average molecular weight is 570 g/mol. The number of carbonyl (C=O) groups excluding carboxylic acids is 3. The number of sulfonamides is 1. The number of pyridine rings is 1. The molecule has 1 aromatic heterocycles. The van der Waals surface area contributed by atoms with Crippen molar-refractivity contribution < 1.29 is 32.6 Å². The zero-order valence-corrected chi connectivity index (χ0v) is 23.3. The molecular formula is C29H35N3O7S. The monoisotopic (exact) mass is 569 g/mol. The number of ketones is 1. The number of hydrogen-bond donors (Lipinski definition) is 2. The van der Waals surface area contributed by atoms with Crippen molar-refractivity contribution in [1.82, 2.24) is 9.88 Å². The molecule has 3 N–H and O–H groups in total. The smallest absolute Gasteiger partial charge is 0.329 e. The minimum atomic E-state index is -3.98. The number of nitrogens with two attached hydrogens (primary N) is 1. The molecule has 1 aromatic rings. The molecule has 1 aliphatic heterocycles. The van der Waals surface area contributed by atoms with Gasteiger partial charge in [-0.15, -0.1) is 0 Å². The molecule has 0 spiro atoms. The maximum Gasteiger partial charge on any atom is 0.329 e. The van der Waals surface area contributed by atoms with E-state index >= 15 is 0 Å². The van der Waals surface area contributed by atoms with Gasteiger partial charge in [0.1, 0.15) is 17.7 Å². The largest absolute Gasteiger partial charge is 0.460 e. The van der Waals surface area contributed by atoms with Crippen molar-refractivity contribution in [2.45, 2.75) is 81.1 Å². The predicted molar refractivity (Wildman–Crippen MR) is 143 cm³/mol. The Bertz CT molecular complexity index is 1420. The van der Waals surface area contributed by atoms with Gasteiger partial charge in [0.05, 0.1) is 5.56 Å². The first-order chi connectivity index (χ1) is 18.9. The third-order valence-electron chi connectivity index (χ3n) is 10.3. The van der Waals surface area contributed by atoms with Crippen LogP contribution in [0, 0.1) is 23.2 Å². The number of hydrogen-bond acceptors (Lipinski definition) is 8. The first kappa shape index (κ1) is 27.3. The first-order valence-corrected chi connectivity index (χ1v) is 15.6. The minimum Gasteiger partial charge on any atom is -0.460 e. The summed E-state index contributed by atoms with van der Waals surface area (Å²) in [6.07, 6.45) is 11.7. The number of allylic oxidation sites excluding steroid dienone is 2. The van der Waals surface area contributed by atoms with Crippen LogP contribution in [0.4, 0.5) is 0 Å². The number of aromatic nitrogens is 1. The highest BCUT2D eigenvalue weighted by Gasteiger charge is 2.60. The van der Waals surface area contributed by atoms with E-state index in [9.17, 15) is 27.9 Å². The van der Waals surface area contributed by atoms with Crippen LogP contribution >= 0.6 is 0 Å². The Kier molecular flexibility index (Phi) is 6.55. The normalized spacial score (nSPS) is 36.9.